The van der Waals surface area contributed by atoms with Gasteiger partial charge in [0.2, 0.25) is 10.0 Å². The van der Waals surface area contributed by atoms with E-state index in [1.807, 2.05) is 43.3 Å². The molecule has 1 aliphatic rings. The van der Waals surface area contributed by atoms with E-state index in [1.54, 1.807) is 36.2 Å². The molecule has 0 saturated carbocycles. The van der Waals surface area contributed by atoms with Crippen LogP contribution in [0.15, 0.2) is 60.7 Å². The van der Waals surface area contributed by atoms with Gasteiger partial charge in [-0.1, -0.05) is 48.5 Å². The van der Waals surface area contributed by atoms with Crippen molar-refractivity contribution in [3.05, 3.63) is 71.8 Å². The Morgan fingerprint density at radius 1 is 1.04 bits per heavy atom. The zero-order valence-electron chi connectivity index (χ0n) is 14.4. The normalized spacial score (nSPS) is 16.5. The van der Waals surface area contributed by atoms with Gasteiger partial charge in [0.1, 0.15) is 5.25 Å². The average Bonchev–Trinajstić information content (AvgIpc) is 2.60. The Balaban J connectivity index is 1.66. The molecule has 0 aliphatic carbocycles. The van der Waals surface area contributed by atoms with Crippen LogP contribution in [-0.2, 0) is 10.0 Å². The summed E-state index contributed by atoms with van der Waals surface area (Å²) in [6, 6.07) is 18.2. The van der Waals surface area contributed by atoms with Crippen molar-refractivity contribution in [2.45, 2.75) is 18.2 Å². The van der Waals surface area contributed by atoms with Crippen LogP contribution in [0.1, 0.15) is 28.9 Å². The minimum Gasteiger partial charge on any atom is -0.336 e. The van der Waals surface area contributed by atoms with Gasteiger partial charge in [0.05, 0.1) is 0 Å². The summed E-state index contributed by atoms with van der Waals surface area (Å²) in [5.41, 5.74) is 1.54. The fourth-order valence-electron chi connectivity index (χ4n) is 2.95. The molecule has 25 heavy (non-hydrogen) atoms. The molecule has 5 nitrogen and oxygen atoms in total. The molecule has 1 aliphatic heterocycles. The number of hydrogen-bond acceptors (Lipinski definition) is 3. The van der Waals surface area contributed by atoms with Gasteiger partial charge in [-0.3, -0.25) is 4.79 Å². The van der Waals surface area contributed by atoms with Crippen LogP contribution in [-0.4, -0.2) is 48.9 Å². The van der Waals surface area contributed by atoms with E-state index in [9.17, 15) is 13.2 Å². The Labute approximate surface area is 148 Å². The predicted octanol–water partition coefficient (Wildman–Crippen LogP) is 2.53. The highest BCUT2D eigenvalue weighted by Gasteiger charge is 2.43. The van der Waals surface area contributed by atoms with Gasteiger partial charge in [0.25, 0.3) is 5.91 Å². The molecule has 0 radical (unpaired) electrons. The van der Waals surface area contributed by atoms with Gasteiger partial charge in [-0.2, -0.15) is 4.31 Å². The number of rotatable bonds is 5. The van der Waals surface area contributed by atoms with Gasteiger partial charge in [0.15, 0.2) is 0 Å². The summed E-state index contributed by atoms with van der Waals surface area (Å²) in [4.78, 5) is 13.9. The molecule has 1 fully saturated rings. The van der Waals surface area contributed by atoms with Gasteiger partial charge < -0.3 is 4.90 Å². The lowest BCUT2D eigenvalue weighted by Gasteiger charge is -2.41. The van der Waals surface area contributed by atoms with Crippen LogP contribution >= 0.6 is 0 Å². The van der Waals surface area contributed by atoms with E-state index in [-0.39, 0.29) is 25.0 Å². The van der Waals surface area contributed by atoms with E-state index in [2.05, 4.69) is 0 Å². The van der Waals surface area contributed by atoms with E-state index in [0.29, 0.717) is 5.56 Å². The lowest BCUT2D eigenvalue weighted by Crippen LogP contribution is -2.59. The number of nitrogens with zero attached hydrogens (tertiary/aromatic N) is 2. The maximum atomic E-state index is 12.8. The Hall–Kier alpha value is -2.18. The second-order valence-electron chi connectivity index (χ2n) is 6.35. The summed E-state index contributed by atoms with van der Waals surface area (Å²) in [6.07, 6.45) is 0. The molecule has 132 valence electrons. The molecule has 0 spiro atoms. The lowest BCUT2D eigenvalue weighted by atomic mass is 10.1. The number of benzene rings is 2. The zero-order chi connectivity index (χ0) is 18.0. The highest BCUT2D eigenvalue weighted by atomic mass is 32.2. The molecule has 1 atom stereocenters. The van der Waals surface area contributed by atoms with Crippen LogP contribution in [0.4, 0.5) is 0 Å². The lowest BCUT2D eigenvalue weighted by molar-refractivity contribution is 0.0655. The summed E-state index contributed by atoms with van der Waals surface area (Å²) >= 11 is 0. The summed E-state index contributed by atoms with van der Waals surface area (Å²) in [5, 5.41) is -0.545. The minimum atomic E-state index is -3.46. The average molecular weight is 358 g/mol. The van der Waals surface area contributed by atoms with E-state index >= 15 is 0 Å². The maximum Gasteiger partial charge on any atom is 0.253 e. The molecule has 1 saturated heterocycles. The van der Waals surface area contributed by atoms with Crippen LogP contribution < -0.4 is 0 Å². The number of amides is 1. The summed E-state index contributed by atoms with van der Waals surface area (Å²) in [6.45, 7) is 2.35. The Bertz CT molecular complexity index is 831. The molecule has 0 aromatic heterocycles. The maximum absolute atomic E-state index is 12.8. The topological polar surface area (TPSA) is 57.7 Å². The molecular formula is C19H22N2O3S. The van der Waals surface area contributed by atoms with Crippen molar-refractivity contribution in [1.82, 2.24) is 9.21 Å². The summed E-state index contributed by atoms with van der Waals surface area (Å²) in [5.74, 6) is -0.120. The first-order valence-electron chi connectivity index (χ1n) is 8.27. The summed E-state index contributed by atoms with van der Waals surface area (Å²) in [7, 11) is -1.85. The third-order valence-corrected chi connectivity index (χ3v) is 7.07. The molecule has 3 rings (SSSR count). The third kappa shape index (κ3) is 3.45. The Morgan fingerprint density at radius 2 is 1.56 bits per heavy atom. The fraction of sp³-hybridized carbons (Fsp3) is 0.316. The Kier molecular flexibility index (Phi) is 4.92. The first-order valence-corrected chi connectivity index (χ1v) is 9.77. The van der Waals surface area contributed by atoms with Gasteiger partial charge in [0, 0.05) is 31.7 Å². The third-order valence-electron chi connectivity index (χ3n) is 4.81. The number of carbonyl (C=O) groups is 1. The number of carbonyl (C=O) groups excluding carboxylic acids is 1. The fourth-order valence-corrected chi connectivity index (χ4v) is 4.72. The molecule has 1 unspecified atom stereocenters. The minimum absolute atomic E-state index is 0.120. The second kappa shape index (κ2) is 6.98. The van der Waals surface area contributed by atoms with E-state index in [0.717, 1.165) is 5.56 Å². The first-order chi connectivity index (χ1) is 11.9. The van der Waals surface area contributed by atoms with E-state index in [4.69, 9.17) is 0 Å². The van der Waals surface area contributed by atoms with Crippen molar-refractivity contribution < 1.29 is 13.2 Å². The SMILES string of the molecule is CC(c1ccccc1)N(C)S(=O)(=O)C1CN(C(=O)c2ccccc2)C1. The largest absolute Gasteiger partial charge is 0.336 e. The molecule has 6 heteroatoms. The summed E-state index contributed by atoms with van der Waals surface area (Å²) < 4.78 is 27.1. The van der Waals surface area contributed by atoms with Crippen LogP contribution in [0.25, 0.3) is 0 Å². The number of likely N-dealkylation sites (tertiary alicyclic amines) is 1. The van der Waals surface area contributed by atoms with E-state index in [1.165, 1.54) is 4.31 Å². The highest BCUT2D eigenvalue weighted by Crippen LogP contribution is 2.27. The van der Waals surface area contributed by atoms with Crippen LogP contribution in [0, 0.1) is 0 Å². The van der Waals surface area contributed by atoms with Gasteiger partial charge >= 0.3 is 0 Å². The standard InChI is InChI=1S/C19H22N2O3S/c1-15(16-9-5-3-6-10-16)20(2)25(23,24)18-13-21(14-18)19(22)17-11-7-4-8-12-17/h3-12,15,18H,13-14H2,1-2H3. The first kappa shape index (κ1) is 17.6. The molecule has 1 heterocycles. The smallest absolute Gasteiger partial charge is 0.253 e. The van der Waals surface area contributed by atoms with Crippen molar-refractivity contribution in [1.29, 1.82) is 0 Å². The van der Waals surface area contributed by atoms with Crippen molar-refractivity contribution in [2.24, 2.45) is 0 Å². The van der Waals surface area contributed by atoms with Crippen molar-refractivity contribution in [3.8, 4) is 0 Å². The van der Waals surface area contributed by atoms with Crippen LogP contribution in [0.5, 0.6) is 0 Å². The van der Waals surface area contributed by atoms with Gasteiger partial charge in [-0.15, -0.1) is 0 Å². The molecule has 0 N–H and O–H groups in total. The van der Waals surface area contributed by atoms with Crippen molar-refractivity contribution >= 4 is 15.9 Å². The Morgan fingerprint density at radius 3 is 2.12 bits per heavy atom. The molecule has 2 aromatic rings. The van der Waals surface area contributed by atoms with Crippen LogP contribution in [0.2, 0.25) is 0 Å². The predicted molar refractivity (Wildman–Crippen MR) is 97.7 cm³/mol. The molecule has 2 aromatic carbocycles. The number of sulfonamides is 1. The molecule has 1 amide bonds. The van der Waals surface area contributed by atoms with Gasteiger partial charge in [-0.05, 0) is 24.6 Å². The molecule has 0 bridgehead atoms. The van der Waals surface area contributed by atoms with E-state index < -0.39 is 15.3 Å². The number of hydrogen-bond donors (Lipinski definition) is 0. The second-order valence-corrected chi connectivity index (χ2v) is 8.62. The quantitative estimate of drug-likeness (QED) is 0.825. The monoisotopic (exact) mass is 358 g/mol. The van der Waals surface area contributed by atoms with Gasteiger partial charge in [-0.25, -0.2) is 8.42 Å². The van der Waals surface area contributed by atoms with Crippen molar-refractivity contribution in [3.63, 3.8) is 0 Å². The molecular weight excluding hydrogens is 336 g/mol. The zero-order valence-corrected chi connectivity index (χ0v) is 15.2. The van der Waals surface area contributed by atoms with Crippen LogP contribution in [0.3, 0.4) is 0 Å². The van der Waals surface area contributed by atoms with Crippen molar-refractivity contribution in [2.75, 3.05) is 20.1 Å². The highest BCUT2D eigenvalue weighted by molar-refractivity contribution is 7.89.